The third-order valence-corrected chi connectivity index (χ3v) is 5.62. The SMILES string of the molecule is Cc1cccc(Cc2cc(C)nc(C3CCCN3C(=O)c3cn(C)nc3C)c2)c1. The maximum atomic E-state index is 13.2. The summed E-state index contributed by atoms with van der Waals surface area (Å²) >= 11 is 0. The number of rotatable bonds is 4. The van der Waals surface area contributed by atoms with E-state index in [2.05, 4.69) is 48.4 Å². The molecule has 5 heteroatoms. The quantitative estimate of drug-likeness (QED) is 0.669. The highest BCUT2D eigenvalue weighted by molar-refractivity contribution is 5.95. The van der Waals surface area contributed by atoms with E-state index >= 15 is 0 Å². The van der Waals surface area contributed by atoms with Gasteiger partial charge >= 0.3 is 0 Å². The Labute approximate surface area is 172 Å². The van der Waals surface area contributed by atoms with Gasteiger partial charge in [-0.2, -0.15) is 5.10 Å². The number of hydrogen-bond donors (Lipinski definition) is 0. The lowest BCUT2D eigenvalue weighted by Crippen LogP contribution is -2.31. The van der Waals surface area contributed by atoms with Gasteiger partial charge in [0.2, 0.25) is 0 Å². The number of nitrogens with zero attached hydrogens (tertiary/aromatic N) is 4. The molecule has 1 atom stereocenters. The van der Waals surface area contributed by atoms with Crippen LogP contribution in [0.3, 0.4) is 0 Å². The predicted octanol–water partition coefficient (Wildman–Crippen LogP) is 4.31. The fourth-order valence-electron chi connectivity index (χ4n) is 4.38. The Hall–Kier alpha value is -2.95. The molecule has 5 nitrogen and oxygen atoms in total. The number of carbonyl (C=O) groups is 1. The number of benzene rings is 1. The van der Waals surface area contributed by atoms with Crippen LogP contribution in [-0.4, -0.2) is 32.1 Å². The third-order valence-electron chi connectivity index (χ3n) is 5.62. The molecule has 3 aromatic rings. The number of amides is 1. The van der Waals surface area contributed by atoms with Crippen LogP contribution in [0.25, 0.3) is 0 Å². The van der Waals surface area contributed by atoms with Crippen LogP contribution in [0, 0.1) is 20.8 Å². The van der Waals surface area contributed by atoms with Gasteiger partial charge in [0, 0.05) is 25.5 Å². The van der Waals surface area contributed by atoms with Gasteiger partial charge in [-0.1, -0.05) is 29.8 Å². The minimum absolute atomic E-state index is 0.0262. The zero-order valence-corrected chi connectivity index (χ0v) is 17.6. The van der Waals surface area contributed by atoms with Crippen molar-refractivity contribution in [2.24, 2.45) is 7.05 Å². The molecule has 1 aliphatic rings. The summed E-state index contributed by atoms with van der Waals surface area (Å²) < 4.78 is 1.71. The van der Waals surface area contributed by atoms with Crippen molar-refractivity contribution in [3.05, 3.63) is 81.9 Å². The van der Waals surface area contributed by atoms with Crippen molar-refractivity contribution in [3.8, 4) is 0 Å². The molecule has 0 bridgehead atoms. The molecule has 1 saturated heterocycles. The molecule has 0 radical (unpaired) electrons. The largest absolute Gasteiger partial charge is 0.330 e. The van der Waals surface area contributed by atoms with Crippen LogP contribution in [-0.2, 0) is 13.5 Å². The first kappa shape index (κ1) is 19.4. The second-order valence-electron chi connectivity index (χ2n) is 8.17. The highest BCUT2D eigenvalue weighted by Crippen LogP contribution is 2.33. The summed E-state index contributed by atoms with van der Waals surface area (Å²) in [6.07, 6.45) is 4.64. The van der Waals surface area contributed by atoms with Crippen LogP contribution >= 0.6 is 0 Å². The molecule has 1 unspecified atom stereocenters. The van der Waals surface area contributed by atoms with Crippen molar-refractivity contribution in [3.63, 3.8) is 0 Å². The minimum Gasteiger partial charge on any atom is -0.330 e. The second kappa shape index (κ2) is 7.82. The number of hydrogen-bond acceptors (Lipinski definition) is 3. The van der Waals surface area contributed by atoms with E-state index < -0.39 is 0 Å². The first-order valence-corrected chi connectivity index (χ1v) is 10.2. The van der Waals surface area contributed by atoms with Crippen molar-refractivity contribution in [1.29, 1.82) is 0 Å². The molecule has 1 amide bonds. The molecule has 29 heavy (non-hydrogen) atoms. The summed E-state index contributed by atoms with van der Waals surface area (Å²) in [5.41, 5.74) is 7.28. The van der Waals surface area contributed by atoms with Crippen LogP contribution in [0.15, 0.2) is 42.6 Å². The van der Waals surface area contributed by atoms with E-state index in [0.29, 0.717) is 5.56 Å². The second-order valence-corrected chi connectivity index (χ2v) is 8.17. The number of aromatic nitrogens is 3. The van der Waals surface area contributed by atoms with Crippen LogP contribution in [0.1, 0.15) is 63.0 Å². The average Bonchev–Trinajstić information content (AvgIpc) is 3.27. The van der Waals surface area contributed by atoms with Gasteiger partial charge in [0.15, 0.2) is 0 Å². The maximum absolute atomic E-state index is 13.2. The zero-order valence-electron chi connectivity index (χ0n) is 17.6. The molecule has 2 aromatic heterocycles. The van der Waals surface area contributed by atoms with E-state index in [1.165, 1.54) is 16.7 Å². The van der Waals surface area contributed by atoms with E-state index in [1.54, 1.807) is 4.68 Å². The molecule has 1 aromatic carbocycles. The smallest absolute Gasteiger partial charge is 0.257 e. The lowest BCUT2D eigenvalue weighted by Gasteiger charge is -2.25. The third kappa shape index (κ3) is 4.09. The summed E-state index contributed by atoms with van der Waals surface area (Å²) in [6.45, 7) is 6.81. The van der Waals surface area contributed by atoms with Crippen molar-refractivity contribution in [1.82, 2.24) is 19.7 Å². The molecule has 1 fully saturated rings. The first-order chi connectivity index (χ1) is 13.9. The van der Waals surface area contributed by atoms with E-state index in [9.17, 15) is 4.79 Å². The van der Waals surface area contributed by atoms with Crippen LogP contribution in [0.2, 0.25) is 0 Å². The normalized spacial score (nSPS) is 16.4. The van der Waals surface area contributed by atoms with Gasteiger partial charge in [-0.05, 0) is 63.3 Å². The molecule has 150 valence electrons. The maximum Gasteiger partial charge on any atom is 0.257 e. The zero-order chi connectivity index (χ0) is 20.5. The van der Waals surface area contributed by atoms with E-state index in [1.807, 2.05) is 32.0 Å². The van der Waals surface area contributed by atoms with Crippen molar-refractivity contribution >= 4 is 5.91 Å². The monoisotopic (exact) mass is 388 g/mol. The van der Waals surface area contributed by atoms with Crippen molar-refractivity contribution < 1.29 is 4.79 Å². The van der Waals surface area contributed by atoms with Crippen molar-refractivity contribution in [2.75, 3.05) is 6.54 Å². The molecule has 3 heterocycles. The van der Waals surface area contributed by atoms with Gasteiger partial charge in [-0.25, -0.2) is 0 Å². The Balaban J connectivity index is 1.62. The summed E-state index contributed by atoms with van der Waals surface area (Å²) in [7, 11) is 1.85. The van der Waals surface area contributed by atoms with E-state index in [0.717, 1.165) is 42.9 Å². The predicted molar refractivity (Wildman–Crippen MR) is 114 cm³/mol. The lowest BCUT2D eigenvalue weighted by molar-refractivity contribution is 0.0732. The molecule has 0 saturated carbocycles. The summed E-state index contributed by atoms with van der Waals surface area (Å²) in [5.74, 6) is 0.0571. The summed E-state index contributed by atoms with van der Waals surface area (Å²) in [5, 5.41) is 4.34. The van der Waals surface area contributed by atoms with Gasteiger partial charge in [-0.3, -0.25) is 14.5 Å². The lowest BCUT2D eigenvalue weighted by atomic mass is 10.0. The van der Waals surface area contributed by atoms with Crippen LogP contribution < -0.4 is 0 Å². The fraction of sp³-hybridized carbons (Fsp3) is 0.375. The number of likely N-dealkylation sites (tertiary alicyclic amines) is 1. The molecule has 0 aliphatic carbocycles. The van der Waals surface area contributed by atoms with Gasteiger partial charge in [0.25, 0.3) is 5.91 Å². The topological polar surface area (TPSA) is 51.0 Å². The molecular formula is C24H28N4O. The highest BCUT2D eigenvalue weighted by Gasteiger charge is 2.33. The first-order valence-electron chi connectivity index (χ1n) is 10.2. The van der Waals surface area contributed by atoms with Crippen LogP contribution in [0.5, 0.6) is 0 Å². The minimum atomic E-state index is 0.0262. The molecule has 1 aliphatic heterocycles. The Bertz CT molecular complexity index is 1050. The van der Waals surface area contributed by atoms with Gasteiger partial charge < -0.3 is 4.90 Å². The molecule has 0 spiro atoms. The Kier molecular flexibility index (Phi) is 5.22. The molecular weight excluding hydrogens is 360 g/mol. The van der Waals surface area contributed by atoms with Crippen LogP contribution in [0.4, 0.5) is 0 Å². The molecule has 4 rings (SSSR count). The number of carbonyl (C=O) groups excluding carboxylic acids is 1. The van der Waals surface area contributed by atoms with Crippen molar-refractivity contribution in [2.45, 2.75) is 46.1 Å². The van der Waals surface area contributed by atoms with E-state index in [4.69, 9.17) is 4.98 Å². The van der Waals surface area contributed by atoms with Gasteiger partial charge in [-0.15, -0.1) is 0 Å². The highest BCUT2D eigenvalue weighted by atomic mass is 16.2. The van der Waals surface area contributed by atoms with Gasteiger partial charge in [0.1, 0.15) is 0 Å². The molecule has 0 N–H and O–H groups in total. The average molecular weight is 389 g/mol. The van der Waals surface area contributed by atoms with E-state index in [-0.39, 0.29) is 11.9 Å². The summed E-state index contributed by atoms with van der Waals surface area (Å²) in [6, 6.07) is 13.0. The number of aryl methyl sites for hydroxylation is 4. The Morgan fingerprint density at radius 2 is 1.97 bits per heavy atom. The standard InChI is InChI=1S/C24H28N4O/c1-16-7-5-8-19(11-16)13-20-12-17(2)25-22(14-20)23-9-6-10-28(23)24(29)21-15-27(4)26-18(21)3/h5,7-8,11-12,14-15,23H,6,9-10,13H2,1-4H3. The number of pyridine rings is 1. The Morgan fingerprint density at radius 1 is 1.14 bits per heavy atom. The fourth-order valence-corrected chi connectivity index (χ4v) is 4.38. The Morgan fingerprint density at radius 3 is 2.69 bits per heavy atom. The summed E-state index contributed by atoms with van der Waals surface area (Å²) in [4.78, 5) is 20.0. The van der Waals surface area contributed by atoms with Gasteiger partial charge in [0.05, 0.1) is 23.0 Å².